The summed E-state index contributed by atoms with van der Waals surface area (Å²) in [7, 11) is 0. The predicted molar refractivity (Wildman–Crippen MR) is 103 cm³/mol. The molecule has 0 aliphatic heterocycles. The van der Waals surface area contributed by atoms with Crippen molar-refractivity contribution in [3.8, 4) is 5.75 Å². The number of ether oxygens (including phenoxy) is 1. The molecule has 0 bridgehead atoms. The third-order valence-corrected chi connectivity index (χ3v) is 4.58. The van der Waals surface area contributed by atoms with Gasteiger partial charge in [-0.05, 0) is 36.1 Å². The summed E-state index contributed by atoms with van der Waals surface area (Å²) in [5.74, 6) is 1.80. The molecule has 4 aromatic rings. The second-order valence-corrected chi connectivity index (χ2v) is 6.52. The van der Waals surface area contributed by atoms with Gasteiger partial charge in [0.25, 0.3) is 0 Å². The molecule has 0 aliphatic rings. The van der Waals surface area contributed by atoms with Crippen molar-refractivity contribution in [1.82, 2.24) is 9.55 Å². The Hall–Kier alpha value is -2.52. The van der Waals surface area contributed by atoms with Crippen molar-refractivity contribution in [2.24, 2.45) is 0 Å². The molecule has 4 rings (SSSR count). The molecule has 0 N–H and O–H groups in total. The van der Waals surface area contributed by atoms with Crippen molar-refractivity contribution in [3.05, 3.63) is 71.5 Å². The van der Waals surface area contributed by atoms with Crippen LogP contribution in [0, 0.1) is 0 Å². The summed E-state index contributed by atoms with van der Waals surface area (Å²) in [6.07, 6.45) is 1.03. The van der Waals surface area contributed by atoms with Gasteiger partial charge in [-0.2, -0.15) is 0 Å². The maximum atomic E-state index is 6.17. The van der Waals surface area contributed by atoms with Gasteiger partial charge in [0.05, 0.1) is 11.0 Å². The maximum absolute atomic E-state index is 6.17. The van der Waals surface area contributed by atoms with Crippen LogP contribution in [0.3, 0.4) is 0 Å². The van der Waals surface area contributed by atoms with Gasteiger partial charge in [-0.1, -0.05) is 54.9 Å². The van der Waals surface area contributed by atoms with E-state index in [1.807, 2.05) is 42.5 Å². The highest BCUT2D eigenvalue weighted by atomic mass is 35.5. The lowest BCUT2D eigenvalue weighted by molar-refractivity contribution is 0.293. The third-order valence-electron chi connectivity index (χ3n) is 4.34. The first-order chi connectivity index (χ1) is 12.3. The summed E-state index contributed by atoms with van der Waals surface area (Å²) in [5.41, 5.74) is 2.01. The second-order valence-electron chi connectivity index (χ2n) is 6.08. The molecule has 0 spiro atoms. The first-order valence-corrected chi connectivity index (χ1v) is 8.89. The van der Waals surface area contributed by atoms with Crippen LogP contribution in [0.1, 0.15) is 19.2 Å². The zero-order valence-corrected chi connectivity index (χ0v) is 14.8. The minimum atomic E-state index is 0.431. The molecule has 126 valence electrons. The van der Waals surface area contributed by atoms with Gasteiger partial charge in [-0.3, -0.25) is 0 Å². The standard InChI is InChI=1S/C21H19ClN2O/c1-2-12-24-19-13-16(22)10-11-18(19)23-21(24)14-25-20-9-5-7-15-6-3-4-8-17(15)20/h3-11,13H,2,12,14H2,1H3. The van der Waals surface area contributed by atoms with E-state index in [0.717, 1.165) is 46.0 Å². The number of aromatic nitrogens is 2. The van der Waals surface area contributed by atoms with Gasteiger partial charge in [0, 0.05) is 17.0 Å². The molecule has 0 atom stereocenters. The molecule has 0 saturated heterocycles. The van der Waals surface area contributed by atoms with E-state index < -0.39 is 0 Å². The van der Waals surface area contributed by atoms with Crippen LogP contribution >= 0.6 is 11.6 Å². The van der Waals surface area contributed by atoms with Gasteiger partial charge < -0.3 is 9.30 Å². The van der Waals surface area contributed by atoms with E-state index in [4.69, 9.17) is 21.3 Å². The van der Waals surface area contributed by atoms with E-state index in [0.29, 0.717) is 6.61 Å². The van der Waals surface area contributed by atoms with Crippen molar-refractivity contribution in [3.63, 3.8) is 0 Å². The van der Waals surface area contributed by atoms with E-state index >= 15 is 0 Å². The lowest BCUT2D eigenvalue weighted by Crippen LogP contribution is -2.07. The largest absolute Gasteiger partial charge is 0.485 e. The van der Waals surface area contributed by atoms with Gasteiger partial charge in [0.1, 0.15) is 18.2 Å². The van der Waals surface area contributed by atoms with Crippen LogP contribution in [0.2, 0.25) is 5.02 Å². The summed E-state index contributed by atoms with van der Waals surface area (Å²) in [4.78, 5) is 4.75. The molecule has 0 amide bonds. The third kappa shape index (κ3) is 3.08. The lowest BCUT2D eigenvalue weighted by atomic mass is 10.1. The number of imidazole rings is 1. The highest BCUT2D eigenvalue weighted by Gasteiger charge is 2.12. The van der Waals surface area contributed by atoms with Crippen molar-refractivity contribution in [2.45, 2.75) is 26.5 Å². The number of rotatable bonds is 5. The van der Waals surface area contributed by atoms with Gasteiger partial charge in [0.15, 0.2) is 0 Å². The molecule has 0 fully saturated rings. The molecule has 0 radical (unpaired) electrons. The van der Waals surface area contributed by atoms with E-state index in [9.17, 15) is 0 Å². The van der Waals surface area contributed by atoms with Gasteiger partial charge in [-0.15, -0.1) is 0 Å². The Bertz CT molecular complexity index is 1030. The Morgan fingerprint density at radius 3 is 2.76 bits per heavy atom. The Morgan fingerprint density at radius 2 is 1.88 bits per heavy atom. The summed E-state index contributed by atoms with van der Waals surface area (Å²) in [5, 5.41) is 3.02. The van der Waals surface area contributed by atoms with E-state index in [1.165, 1.54) is 5.39 Å². The van der Waals surface area contributed by atoms with Crippen LogP contribution in [-0.4, -0.2) is 9.55 Å². The number of aryl methyl sites for hydroxylation is 1. The zero-order valence-electron chi connectivity index (χ0n) is 14.1. The second kappa shape index (κ2) is 6.77. The van der Waals surface area contributed by atoms with Crippen LogP contribution in [0.25, 0.3) is 21.8 Å². The molecule has 0 unspecified atom stereocenters. The van der Waals surface area contributed by atoms with Gasteiger partial charge in [-0.25, -0.2) is 4.98 Å². The van der Waals surface area contributed by atoms with Crippen molar-refractivity contribution in [1.29, 1.82) is 0 Å². The number of nitrogens with zero attached hydrogens (tertiary/aromatic N) is 2. The molecule has 0 saturated carbocycles. The van der Waals surface area contributed by atoms with E-state index in [1.54, 1.807) is 0 Å². The number of fused-ring (bicyclic) bond motifs is 2. The number of hydrogen-bond acceptors (Lipinski definition) is 2. The van der Waals surface area contributed by atoms with E-state index in [-0.39, 0.29) is 0 Å². The van der Waals surface area contributed by atoms with E-state index in [2.05, 4.69) is 29.7 Å². The van der Waals surface area contributed by atoms with Crippen molar-refractivity contribution < 1.29 is 4.74 Å². The number of hydrogen-bond donors (Lipinski definition) is 0. The first-order valence-electron chi connectivity index (χ1n) is 8.51. The fourth-order valence-corrected chi connectivity index (χ4v) is 3.36. The molecule has 1 heterocycles. The topological polar surface area (TPSA) is 27.1 Å². The monoisotopic (exact) mass is 350 g/mol. The molecule has 4 heteroatoms. The highest BCUT2D eigenvalue weighted by Crippen LogP contribution is 2.27. The molecule has 25 heavy (non-hydrogen) atoms. The smallest absolute Gasteiger partial charge is 0.147 e. The molecule has 3 nitrogen and oxygen atoms in total. The summed E-state index contributed by atoms with van der Waals surface area (Å²) in [6, 6.07) is 20.2. The lowest BCUT2D eigenvalue weighted by Gasteiger charge is -2.11. The summed E-state index contributed by atoms with van der Waals surface area (Å²) >= 11 is 6.17. The average Bonchev–Trinajstić information content (AvgIpc) is 2.97. The molecular formula is C21H19ClN2O. The summed E-state index contributed by atoms with van der Waals surface area (Å²) in [6.45, 7) is 3.48. The normalized spacial score (nSPS) is 11.3. The molecule has 3 aromatic carbocycles. The number of benzene rings is 3. The molecule has 0 aliphatic carbocycles. The maximum Gasteiger partial charge on any atom is 0.147 e. The molecular weight excluding hydrogens is 332 g/mol. The number of halogens is 1. The highest BCUT2D eigenvalue weighted by molar-refractivity contribution is 6.31. The minimum absolute atomic E-state index is 0.431. The fourth-order valence-electron chi connectivity index (χ4n) is 3.19. The Morgan fingerprint density at radius 1 is 1.04 bits per heavy atom. The van der Waals surface area contributed by atoms with Crippen LogP contribution in [-0.2, 0) is 13.2 Å². The first kappa shape index (κ1) is 16.0. The Labute approximate surface area is 151 Å². The van der Waals surface area contributed by atoms with Gasteiger partial charge >= 0.3 is 0 Å². The quantitative estimate of drug-likeness (QED) is 0.452. The Kier molecular flexibility index (Phi) is 4.33. The van der Waals surface area contributed by atoms with Crippen LogP contribution < -0.4 is 4.74 Å². The minimum Gasteiger partial charge on any atom is -0.485 e. The summed E-state index contributed by atoms with van der Waals surface area (Å²) < 4.78 is 8.34. The van der Waals surface area contributed by atoms with Crippen LogP contribution in [0.4, 0.5) is 0 Å². The fraction of sp³-hybridized carbons (Fsp3) is 0.190. The Balaban J connectivity index is 1.69. The van der Waals surface area contributed by atoms with Crippen LogP contribution in [0.5, 0.6) is 5.75 Å². The zero-order chi connectivity index (χ0) is 17.2. The average molecular weight is 351 g/mol. The molecule has 1 aromatic heterocycles. The van der Waals surface area contributed by atoms with Crippen molar-refractivity contribution >= 4 is 33.4 Å². The SMILES string of the molecule is CCCn1c(COc2cccc3ccccc23)nc2ccc(Cl)cc21. The van der Waals surface area contributed by atoms with Crippen molar-refractivity contribution in [2.75, 3.05) is 0 Å². The van der Waals surface area contributed by atoms with Crippen LogP contribution in [0.15, 0.2) is 60.7 Å². The predicted octanol–water partition coefficient (Wildman–Crippen LogP) is 5.83. The van der Waals surface area contributed by atoms with Gasteiger partial charge in [0.2, 0.25) is 0 Å².